The molecule has 0 aliphatic rings. The monoisotopic (exact) mass is 371 g/mol. The molecule has 0 bridgehead atoms. The van der Waals surface area contributed by atoms with Crippen LogP contribution >= 0.6 is 35.8 Å². The van der Waals surface area contributed by atoms with Gasteiger partial charge in [-0.25, -0.2) is 0 Å². The molecule has 5 heteroatoms. The van der Waals surface area contributed by atoms with Crippen molar-refractivity contribution in [3.63, 3.8) is 0 Å². The van der Waals surface area contributed by atoms with Crippen molar-refractivity contribution in [1.82, 2.24) is 0 Å². The number of benzene rings is 2. The fourth-order valence-electron chi connectivity index (χ4n) is 2.28. The highest BCUT2D eigenvalue weighted by atomic mass is 35.5. The molecule has 0 spiro atoms. The Balaban J connectivity index is 0.00000264. The normalized spacial score (nSPS) is 13.2. The third-order valence-electron chi connectivity index (χ3n) is 3.59. The summed E-state index contributed by atoms with van der Waals surface area (Å²) in [6.07, 6.45) is 2.27. The molecule has 3 N–H and O–H groups in total. The van der Waals surface area contributed by atoms with E-state index in [0.29, 0.717) is 0 Å². The zero-order valence-electron chi connectivity index (χ0n) is 13.1. The van der Waals surface area contributed by atoms with Crippen LogP contribution in [0.2, 0.25) is 5.02 Å². The first-order valence-corrected chi connectivity index (χ1v) is 8.77. The highest BCUT2D eigenvalue weighted by Crippen LogP contribution is 2.34. The lowest BCUT2D eigenvalue weighted by atomic mass is 9.98. The zero-order valence-corrected chi connectivity index (χ0v) is 15.5. The van der Waals surface area contributed by atoms with E-state index in [9.17, 15) is 5.11 Å². The molecular formula is C18H23Cl2NOS. The quantitative estimate of drug-likeness (QED) is 0.678. The van der Waals surface area contributed by atoms with Crippen LogP contribution < -0.4 is 5.73 Å². The fraction of sp³-hybridized carbons (Fsp3) is 0.333. The average Bonchev–Trinajstić information content (AvgIpc) is 2.54. The van der Waals surface area contributed by atoms with Gasteiger partial charge in [0, 0.05) is 14.8 Å². The molecule has 2 atom stereocenters. The minimum atomic E-state index is -0.507. The molecule has 0 radical (unpaired) electrons. The number of unbranched alkanes of at least 4 members (excludes halogenated alkanes) is 1. The van der Waals surface area contributed by atoms with Crippen LogP contribution in [0.25, 0.3) is 0 Å². The molecule has 0 unspecified atom stereocenters. The summed E-state index contributed by atoms with van der Waals surface area (Å²) in [6, 6.07) is 15.4. The molecule has 126 valence electrons. The van der Waals surface area contributed by atoms with E-state index in [1.54, 1.807) is 11.8 Å². The number of aliphatic hydroxyl groups excluding tert-OH is 1. The molecular weight excluding hydrogens is 349 g/mol. The van der Waals surface area contributed by atoms with Gasteiger partial charge in [-0.15, -0.1) is 12.4 Å². The molecule has 2 aromatic rings. The average molecular weight is 372 g/mol. The van der Waals surface area contributed by atoms with Crippen LogP contribution in [0.1, 0.15) is 37.8 Å². The standard InChI is InChI=1S/C18H22ClNOS.ClH/c1-2-3-7-16(21)18(20)15-6-4-5-8-17(15)22-14-11-9-13(19)10-12-14;/h4-6,8-12,16,18,21H,2-3,7,20H2,1H3;1H/t16-,18+;/m1./s1. The molecule has 0 saturated heterocycles. The number of hydrogen-bond acceptors (Lipinski definition) is 3. The van der Waals surface area contributed by atoms with Gasteiger partial charge in [-0.3, -0.25) is 0 Å². The Morgan fingerprint density at radius 2 is 1.78 bits per heavy atom. The van der Waals surface area contributed by atoms with E-state index in [1.165, 1.54) is 0 Å². The molecule has 0 heterocycles. The van der Waals surface area contributed by atoms with Crippen LogP contribution in [0.5, 0.6) is 0 Å². The number of aliphatic hydroxyl groups is 1. The third-order valence-corrected chi connectivity index (χ3v) is 4.94. The Morgan fingerprint density at radius 1 is 1.13 bits per heavy atom. The summed E-state index contributed by atoms with van der Waals surface area (Å²) in [6.45, 7) is 2.11. The predicted molar refractivity (Wildman–Crippen MR) is 102 cm³/mol. The second-order valence-corrected chi connectivity index (χ2v) is 6.88. The van der Waals surface area contributed by atoms with Crippen molar-refractivity contribution in [2.45, 2.75) is 48.1 Å². The van der Waals surface area contributed by atoms with E-state index in [2.05, 4.69) is 6.92 Å². The van der Waals surface area contributed by atoms with Crippen LogP contribution in [0.3, 0.4) is 0 Å². The fourth-order valence-corrected chi connectivity index (χ4v) is 3.40. The summed E-state index contributed by atoms with van der Waals surface area (Å²) in [4.78, 5) is 2.18. The van der Waals surface area contributed by atoms with Crippen LogP contribution in [-0.2, 0) is 0 Å². The van der Waals surface area contributed by atoms with E-state index in [1.807, 2.05) is 48.5 Å². The van der Waals surface area contributed by atoms with Gasteiger partial charge in [0.1, 0.15) is 0 Å². The van der Waals surface area contributed by atoms with E-state index in [4.69, 9.17) is 17.3 Å². The second-order valence-electron chi connectivity index (χ2n) is 5.33. The van der Waals surface area contributed by atoms with Crippen molar-refractivity contribution in [2.24, 2.45) is 5.73 Å². The van der Waals surface area contributed by atoms with Crippen LogP contribution in [0, 0.1) is 0 Å². The van der Waals surface area contributed by atoms with E-state index < -0.39 is 6.10 Å². The van der Waals surface area contributed by atoms with E-state index >= 15 is 0 Å². The summed E-state index contributed by atoms with van der Waals surface area (Å²) < 4.78 is 0. The van der Waals surface area contributed by atoms with Gasteiger partial charge in [0.25, 0.3) is 0 Å². The molecule has 0 aliphatic carbocycles. The lowest BCUT2D eigenvalue weighted by molar-refractivity contribution is 0.131. The van der Waals surface area contributed by atoms with Gasteiger partial charge in [0.15, 0.2) is 0 Å². The molecule has 2 aromatic carbocycles. The van der Waals surface area contributed by atoms with Crippen LogP contribution in [-0.4, -0.2) is 11.2 Å². The Hall–Kier alpha value is -0.710. The molecule has 0 fully saturated rings. The number of hydrogen-bond donors (Lipinski definition) is 2. The minimum absolute atomic E-state index is 0. The lowest BCUT2D eigenvalue weighted by Crippen LogP contribution is -2.26. The Labute approximate surface area is 153 Å². The molecule has 2 nitrogen and oxygen atoms in total. The summed E-state index contributed by atoms with van der Waals surface area (Å²) in [5, 5.41) is 11.0. The molecule has 0 saturated carbocycles. The number of halogens is 2. The highest BCUT2D eigenvalue weighted by Gasteiger charge is 2.19. The smallest absolute Gasteiger partial charge is 0.0733 e. The van der Waals surface area contributed by atoms with Crippen LogP contribution in [0.15, 0.2) is 58.3 Å². The van der Waals surface area contributed by atoms with E-state index in [-0.39, 0.29) is 18.4 Å². The molecule has 0 aromatic heterocycles. The first-order valence-electron chi connectivity index (χ1n) is 7.57. The summed E-state index contributed by atoms with van der Waals surface area (Å²) in [7, 11) is 0. The molecule has 0 aliphatic heterocycles. The lowest BCUT2D eigenvalue weighted by Gasteiger charge is -2.21. The number of nitrogens with two attached hydrogens (primary N) is 1. The molecule has 0 amide bonds. The second kappa shape index (κ2) is 10.2. The molecule has 2 rings (SSSR count). The van der Waals surface area contributed by atoms with Gasteiger partial charge in [0.2, 0.25) is 0 Å². The van der Waals surface area contributed by atoms with Gasteiger partial charge in [0.05, 0.1) is 12.1 Å². The Bertz CT molecular complexity index is 592. The summed E-state index contributed by atoms with van der Waals surface area (Å²) in [5.41, 5.74) is 7.27. The maximum absolute atomic E-state index is 10.3. The van der Waals surface area contributed by atoms with E-state index in [0.717, 1.165) is 39.6 Å². The van der Waals surface area contributed by atoms with Crippen LogP contribution in [0.4, 0.5) is 0 Å². The minimum Gasteiger partial charge on any atom is -0.391 e. The maximum Gasteiger partial charge on any atom is 0.0733 e. The Morgan fingerprint density at radius 3 is 2.43 bits per heavy atom. The highest BCUT2D eigenvalue weighted by molar-refractivity contribution is 7.99. The van der Waals surface area contributed by atoms with Crippen molar-refractivity contribution in [3.8, 4) is 0 Å². The van der Waals surface area contributed by atoms with Gasteiger partial charge in [-0.05, 0) is 42.3 Å². The first kappa shape index (κ1) is 20.3. The summed E-state index contributed by atoms with van der Waals surface area (Å²) in [5.74, 6) is 0. The predicted octanol–water partition coefficient (Wildman–Crippen LogP) is 5.46. The van der Waals surface area contributed by atoms with Gasteiger partial charge < -0.3 is 10.8 Å². The Kier molecular flexibility index (Phi) is 9.03. The molecule has 23 heavy (non-hydrogen) atoms. The van der Waals surface area contributed by atoms with Crippen molar-refractivity contribution in [1.29, 1.82) is 0 Å². The number of rotatable bonds is 7. The topological polar surface area (TPSA) is 46.2 Å². The van der Waals surface area contributed by atoms with Gasteiger partial charge in [-0.2, -0.15) is 0 Å². The largest absolute Gasteiger partial charge is 0.391 e. The van der Waals surface area contributed by atoms with Crippen molar-refractivity contribution in [3.05, 3.63) is 59.1 Å². The van der Waals surface area contributed by atoms with Crippen molar-refractivity contribution >= 4 is 35.8 Å². The van der Waals surface area contributed by atoms with Crippen molar-refractivity contribution in [2.75, 3.05) is 0 Å². The van der Waals surface area contributed by atoms with Gasteiger partial charge >= 0.3 is 0 Å². The van der Waals surface area contributed by atoms with Gasteiger partial charge in [-0.1, -0.05) is 61.3 Å². The third kappa shape index (κ3) is 6.02. The van der Waals surface area contributed by atoms with Crippen molar-refractivity contribution < 1.29 is 5.11 Å². The summed E-state index contributed by atoms with van der Waals surface area (Å²) >= 11 is 7.57. The SMILES string of the molecule is CCCC[C@@H](O)[C@@H](N)c1ccccc1Sc1ccc(Cl)cc1.Cl. The zero-order chi connectivity index (χ0) is 15.9. The maximum atomic E-state index is 10.3. The first-order chi connectivity index (χ1) is 10.6.